The molecule has 11 rings (SSSR count). The van der Waals surface area contributed by atoms with E-state index in [4.69, 9.17) is 19.4 Å². The lowest BCUT2D eigenvalue weighted by Crippen LogP contribution is -2.55. The minimum atomic E-state index is 0.560. The Kier molecular flexibility index (Phi) is 8.71. The van der Waals surface area contributed by atoms with E-state index in [9.17, 15) is 0 Å². The van der Waals surface area contributed by atoms with Gasteiger partial charge in [-0.3, -0.25) is 0 Å². The van der Waals surface area contributed by atoms with Gasteiger partial charge in [0.1, 0.15) is 50.4 Å². The van der Waals surface area contributed by atoms with Crippen molar-refractivity contribution in [3.8, 4) is 62.1 Å². The van der Waals surface area contributed by atoms with Crippen molar-refractivity contribution in [2.45, 2.75) is 0 Å². The van der Waals surface area contributed by atoms with E-state index in [0.29, 0.717) is 17.5 Å². The number of fused-ring (bicyclic) bond motifs is 6. The molecule has 5 nitrogen and oxygen atoms in total. The highest BCUT2D eigenvalue weighted by atomic mass is 16.3. The van der Waals surface area contributed by atoms with Crippen molar-refractivity contribution in [1.82, 2.24) is 19.5 Å². The van der Waals surface area contributed by atoms with Gasteiger partial charge in [0.05, 0.1) is 16.6 Å². The predicted molar refractivity (Wildman–Crippen MR) is 270 cm³/mol. The summed E-state index contributed by atoms with van der Waals surface area (Å²) >= 11 is 0. The molecule has 0 saturated carbocycles. The normalized spacial score (nSPS) is 11.6. The maximum absolute atomic E-state index is 7.02. The van der Waals surface area contributed by atoms with Crippen LogP contribution >= 0.6 is 0 Å². The van der Waals surface area contributed by atoms with E-state index in [1.165, 1.54) is 49.2 Å². The fraction of sp³-hybridized carbons (Fsp3) is 0. The Bertz CT molecular complexity index is 3520. The van der Waals surface area contributed by atoms with Gasteiger partial charge in [-0.15, -0.1) is 16.4 Å². The van der Waals surface area contributed by atoms with Gasteiger partial charge < -0.3 is 8.98 Å². The first-order valence-corrected chi connectivity index (χ1v) is 20.9. The Morgan fingerprint density at radius 3 is 1.62 bits per heavy atom. The first-order valence-electron chi connectivity index (χ1n) is 20.9. The van der Waals surface area contributed by atoms with Crippen LogP contribution in [0.1, 0.15) is 0 Å². The molecule has 3 aromatic heterocycles. The number of benzene rings is 8. The number of hydrogen-bond acceptors (Lipinski definition) is 4. The largest absolute Gasteiger partial charge is 0.455 e. The Morgan fingerprint density at radius 2 is 0.885 bits per heavy atom. The number of aromatic nitrogens is 4. The third kappa shape index (κ3) is 5.96. The highest BCUT2D eigenvalue weighted by Gasteiger charge is 2.21. The number of rotatable bonds is 6. The van der Waals surface area contributed by atoms with E-state index in [1.807, 2.05) is 30.3 Å². The maximum Gasteiger partial charge on any atom is 0.167 e. The van der Waals surface area contributed by atoms with E-state index in [1.54, 1.807) is 0 Å². The molecule has 8 aromatic carbocycles. The molecule has 11 aromatic rings. The van der Waals surface area contributed by atoms with E-state index in [2.05, 4.69) is 177 Å². The lowest BCUT2D eigenvalue weighted by atomic mass is 9.59. The van der Waals surface area contributed by atoms with Gasteiger partial charge in [-0.1, -0.05) is 132 Å². The summed E-state index contributed by atoms with van der Waals surface area (Å²) in [6.45, 7) is 0. The molecule has 282 valence electrons. The van der Waals surface area contributed by atoms with Crippen LogP contribution < -0.4 is 27.3 Å². The number of nitrogens with zero attached hydrogens (tertiary/aromatic N) is 4. The van der Waals surface area contributed by atoms with E-state index < -0.39 is 0 Å². The zero-order valence-electron chi connectivity index (χ0n) is 34.8. The van der Waals surface area contributed by atoms with E-state index in [-0.39, 0.29) is 0 Å². The lowest BCUT2D eigenvalue weighted by Gasteiger charge is -2.20. The van der Waals surface area contributed by atoms with Crippen molar-refractivity contribution >= 4 is 110 Å². The molecule has 0 aliphatic carbocycles. The van der Waals surface area contributed by atoms with Crippen molar-refractivity contribution in [2.24, 2.45) is 0 Å². The highest BCUT2D eigenvalue weighted by molar-refractivity contribution is 6.68. The van der Waals surface area contributed by atoms with Gasteiger partial charge in [0.15, 0.2) is 17.5 Å². The summed E-state index contributed by atoms with van der Waals surface area (Å²) in [5.41, 5.74) is 18.9. The van der Waals surface area contributed by atoms with Crippen LogP contribution in [0, 0.1) is 0 Å². The SMILES string of the molecule is Bc1c(B)c(B)c(-c2cccc(-c3nc(-c4ccccc4)nc(-c4cccc5c4oc4c(-c6ccc7c(c6)c6ccccc6n7-c6ccccc6)cccc45)n3)c2)c(B)c1B. The summed E-state index contributed by atoms with van der Waals surface area (Å²) in [7, 11) is 11.1. The van der Waals surface area contributed by atoms with Crippen LogP contribution in [-0.2, 0) is 0 Å². The van der Waals surface area contributed by atoms with Crippen molar-refractivity contribution in [3.05, 3.63) is 164 Å². The molecule has 0 aliphatic rings. The van der Waals surface area contributed by atoms with Gasteiger partial charge in [-0.25, -0.2) is 15.0 Å². The summed E-state index contributed by atoms with van der Waals surface area (Å²) < 4.78 is 9.36. The lowest BCUT2D eigenvalue weighted by molar-refractivity contribution is 0.670. The Balaban J connectivity index is 1.08. The van der Waals surface area contributed by atoms with E-state index >= 15 is 0 Å². The highest BCUT2D eigenvalue weighted by Crippen LogP contribution is 2.41. The molecule has 0 amide bonds. The maximum atomic E-state index is 7.02. The van der Waals surface area contributed by atoms with Crippen molar-refractivity contribution in [3.63, 3.8) is 0 Å². The summed E-state index contributed by atoms with van der Waals surface area (Å²) in [5, 5.41) is 4.46. The van der Waals surface area contributed by atoms with Crippen molar-refractivity contribution < 1.29 is 4.42 Å². The number of hydrogen-bond donors (Lipinski definition) is 0. The fourth-order valence-electron chi connectivity index (χ4n) is 9.31. The number of furan rings is 1. The fourth-order valence-corrected chi connectivity index (χ4v) is 9.31. The Morgan fingerprint density at radius 1 is 0.361 bits per heavy atom. The predicted octanol–water partition coefficient (Wildman–Crippen LogP) is 4.50. The van der Waals surface area contributed by atoms with Gasteiger partial charge in [-0.05, 0) is 59.2 Å². The molecule has 0 fully saturated rings. The second-order valence-corrected chi connectivity index (χ2v) is 16.1. The third-order valence-corrected chi connectivity index (χ3v) is 12.8. The van der Waals surface area contributed by atoms with Crippen LogP contribution in [0.15, 0.2) is 168 Å². The van der Waals surface area contributed by atoms with Crippen LogP contribution in [0.5, 0.6) is 0 Å². The van der Waals surface area contributed by atoms with Crippen LogP contribution in [-0.4, -0.2) is 58.8 Å². The molecule has 3 heterocycles. The average Bonchev–Trinajstić information content (AvgIpc) is 3.87. The van der Waals surface area contributed by atoms with Gasteiger partial charge in [-0.2, -0.15) is 0 Å². The second kappa shape index (κ2) is 14.5. The molecule has 0 spiro atoms. The van der Waals surface area contributed by atoms with Gasteiger partial charge in [0.2, 0.25) is 0 Å². The van der Waals surface area contributed by atoms with Crippen LogP contribution in [0.2, 0.25) is 0 Å². The topological polar surface area (TPSA) is 56.7 Å². The van der Waals surface area contributed by atoms with Crippen LogP contribution in [0.25, 0.3) is 106 Å². The molecule has 0 saturated heterocycles. The molecule has 61 heavy (non-hydrogen) atoms. The molecule has 0 radical (unpaired) electrons. The molecular weight excluding hydrogens is 739 g/mol. The molecule has 0 unspecified atom stereocenters. The zero-order chi connectivity index (χ0) is 41.4. The zero-order valence-corrected chi connectivity index (χ0v) is 34.8. The van der Waals surface area contributed by atoms with Crippen molar-refractivity contribution in [1.29, 1.82) is 0 Å². The quantitative estimate of drug-likeness (QED) is 0.234. The monoisotopic (exact) mass is 776 g/mol. The molecule has 0 N–H and O–H groups in total. The molecular formula is C51H37B5N4O. The smallest absolute Gasteiger partial charge is 0.167 e. The van der Waals surface area contributed by atoms with Crippen LogP contribution in [0.4, 0.5) is 0 Å². The molecule has 10 heteroatoms. The third-order valence-electron chi connectivity index (χ3n) is 12.8. The minimum Gasteiger partial charge on any atom is -0.455 e. The first-order chi connectivity index (χ1) is 29.8. The molecule has 0 atom stereocenters. The summed E-state index contributed by atoms with van der Waals surface area (Å²) in [4.78, 5) is 15.5. The van der Waals surface area contributed by atoms with Gasteiger partial charge in [0, 0.05) is 43.9 Å². The number of para-hydroxylation sites is 4. The van der Waals surface area contributed by atoms with Gasteiger partial charge in [0.25, 0.3) is 0 Å². The summed E-state index contributed by atoms with van der Waals surface area (Å²) in [5.74, 6) is 1.78. The summed E-state index contributed by atoms with van der Waals surface area (Å²) in [6, 6.07) is 57.4. The molecule has 0 bridgehead atoms. The minimum absolute atomic E-state index is 0.560. The summed E-state index contributed by atoms with van der Waals surface area (Å²) in [6.07, 6.45) is 0. The Hall–Kier alpha value is -7.31. The van der Waals surface area contributed by atoms with E-state index in [0.717, 1.165) is 66.5 Å². The molecule has 0 aliphatic heterocycles. The average molecular weight is 776 g/mol. The second-order valence-electron chi connectivity index (χ2n) is 16.1. The van der Waals surface area contributed by atoms with Crippen molar-refractivity contribution in [2.75, 3.05) is 0 Å². The van der Waals surface area contributed by atoms with Crippen LogP contribution in [0.3, 0.4) is 0 Å². The Labute approximate surface area is 358 Å². The first kappa shape index (κ1) is 36.8. The standard InChI is InChI=1S/C51H37B5N4O/c52-42-41(43(53)45(55)46(56)44(42)54)30-14-9-15-31(26-30)50-57-49(28-12-3-1-4-13-28)58-51(59-50)37-22-11-21-36-35-20-10-19-33(47(35)61-48(36)37)29-24-25-40-38(27-29)34-18-7-8-23-39(34)60(40)32-16-5-2-6-17-32/h1-27H,52-56H2. The van der Waals surface area contributed by atoms with Gasteiger partial charge >= 0.3 is 0 Å².